The molecule has 0 saturated carbocycles. The molecule has 2 nitrogen and oxygen atoms in total. The lowest BCUT2D eigenvalue weighted by Gasteiger charge is -2.11. The lowest BCUT2D eigenvalue weighted by Crippen LogP contribution is -2.33. The molecule has 0 rings (SSSR count). The maximum absolute atomic E-state index is 3.48. The Hall–Kier alpha value is -0.0800. The SMILES string of the molecule is CCC(C)NCCNCCCCC(C)C. The number of rotatable bonds is 10. The quantitative estimate of drug-likeness (QED) is 0.546. The molecule has 1 unspecified atom stereocenters. The van der Waals surface area contributed by atoms with Crippen LogP contribution >= 0.6 is 0 Å². The van der Waals surface area contributed by atoms with Crippen molar-refractivity contribution in [3.05, 3.63) is 0 Å². The van der Waals surface area contributed by atoms with Crippen molar-refractivity contribution in [2.24, 2.45) is 5.92 Å². The van der Waals surface area contributed by atoms with Crippen molar-refractivity contribution >= 4 is 0 Å². The van der Waals surface area contributed by atoms with Gasteiger partial charge in [-0.25, -0.2) is 0 Å². The highest BCUT2D eigenvalue weighted by atomic mass is 15.0. The van der Waals surface area contributed by atoms with Crippen molar-refractivity contribution in [1.29, 1.82) is 0 Å². The second-order valence-corrected chi connectivity index (χ2v) is 4.90. The number of unbranched alkanes of at least 4 members (excludes halogenated alkanes) is 1. The van der Waals surface area contributed by atoms with Crippen LogP contribution in [0.5, 0.6) is 0 Å². The molecule has 0 aromatic carbocycles. The van der Waals surface area contributed by atoms with Gasteiger partial charge < -0.3 is 10.6 Å². The predicted molar refractivity (Wildman–Crippen MR) is 69.3 cm³/mol. The first-order valence-corrected chi connectivity index (χ1v) is 6.60. The van der Waals surface area contributed by atoms with Crippen molar-refractivity contribution in [3.63, 3.8) is 0 Å². The van der Waals surface area contributed by atoms with Gasteiger partial charge in [0.1, 0.15) is 0 Å². The van der Waals surface area contributed by atoms with Crippen LogP contribution in [0.4, 0.5) is 0 Å². The molecule has 0 radical (unpaired) electrons. The largest absolute Gasteiger partial charge is 0.315 e. The van der Waals surface area contributed by atoms with E-state index in [0.717, 1.165) is 19.0 Å². The van der Waals surface area contributed by atoms with E-state index in [2.05, 4.69) is 38.3 Å². The zero-order valence-electron chi connectivity index (χ0n) is 11.1. The first-order valence-electron chi connectivity index (χ1n) is 6.60. The Morgan fingerprint density at radius 3 is 2.27 bits per heavy atom. The summed E-state index contributed by atoms with van der Waals surface area (Å²) >= 11 is 0. The number of hydrogen-bond acceptors (Lipinski definition) is 2. The van der Waals surface area contributed by atoms with Crippen LogP contribution in [-0.2, 0) is 0 Å². The fourth-order valence-corrected chi connectivity index (χ4v) is 1.48. The minimum Gasteiger partial charge on any atom is -0.315 e. The van der Waals surface area contributed by atoms with Gasteiger partial charge >= 0.3 is 0 Å². The van der Waals surface area contributed by atoms with Gasteiger partial charge in [0.05, 0.1) is 0 Å². The van der Waals surface area contributed by atoms with E-state index >= 15 is 0 Å². The van der Waals surface area contributed by atoms with Crippen LogP contribution in [0.25, 0.3) is 0 Å². The molecule has 1 atom stereocenters. The molecule has 0 aromatic rings. The van der Waals surface area contributed by atoms with E-state index in [1.807, 2.05) is 0 Å². The molecule has 0 fully saturated rings. The molecule has 15 heavy (non-hydrogen) atoms. The summed E-state index contributed by atoms with van der Waals surface area (Å²) in [5.74, 6) is 0.858. The van der Waals surface area contributed by atoms with Gasteiger partial charge in [0, 0.05) is 19.1 Å². The summed E-state index contributed by atoms with van der Waals surface area (Å²) < 4.78 is 0. The van der Waals surface area contributed by atoms with Crippen LogP contribution < -0.4 is 10.6 Å². The highest BCUT2D eigenvalue weighted by Crippen LogP contribution is 2.04. The smallest absolute Gasteiger partial charge is 0.00792 e. The van der Waals surface area contributed by atoms with Gasteiger partial charge in [-0.15, -0.1) is 0 Å². The first kappa shape index (κ1) is 14.9. The lowest BCUT2D eigenvalue weighted by atomic mass is 10.1. The van der Waals surface area contributed by atoms with Crippen LogP contribution in [-0.4, -0.2) is 25.7 Å². The topological polar surface area (TPSA) is 24.1 Å². The van der Waals surface area contributed by atoms with Crippen LogP contribution in [0.1, 0.15) is 53.4 Å². The molecule has 0 spiro atoms. The van der Waals surface area contributed by atoms with Crippen LogP contribution in [0.3, 0.4) is 0 Å². The Morgan fingerprint density at radius 2 is 1.67 bits per heavy atom. The molecule has 0 amide bonds. The second kappa shape index (κ2) is 10.4. The second-order valence-electron chi connectivity index (χ2n) is 4.90. The molecule has 0 aromatic heterocycles. The van der Waals surface area contributed by atoms with Gasteiger partial charge in [0.2, 0.25) is 0 Å². The Labute approximate surface area is 96.2 Å². The fraction of sp³-hybridized carbons (Fsp3) is 1.00. The van der Waals surface area contributed by atoms with Crippen molar-refractivity contribution < 1.29 is 0 Å². The number of hydrogen-bond donors (Lipinski definition) is 2. The van der Waals surface area contributed by atoms with E-state index < -0.39 is 0 Å². The van der Waals surface area contributed by atoms with Gasteiger partial charge in [-0.3, -0.25) is 0 Å². The Bertz CT molecular complexity index is 124. The third-order valence-corrected chi connectivity index (χ3v) is 2.79. The molecule has 0 aliphatic rings. The maximum Gasteiger partial charge on any atom is 0.00792 e. The van der Waals surface area contributed by atoms with Crippen LogP contribution in [0.15, 0.2) is 0 Å². The highest BCUT2D eigenvalue weighted by molar-refractivity contribution is 4.59. The molecule has 0 heterocycles. The molecule has 0 aliphatic heterocycles. The third-order valence-electron chi connectivity index (χ3n) is 2.79. The molecule has 0 saturated heterocycles. The zero-order valence-corrected chi connectivity index (χ0v) is 11.1. The first-order chi connectivity index (χ1) is 7.16. The Balaban J connectivity index is 2.99. The fourth-order valence-electron chi connectivity index (χ4n) is 1.48. The highest BCUT2D eigenvalue weighted by Gasteiger charge is 1.96. The molecule has 92 valence electrons. The summed E-state index contributed by atoms with van der Waals surface area (Å²) in [6, 6.07) is 0.660. The molecular formula is C13H30N2. The van der Waals surface area contributed by atoms with E-state index in [-0.39, 0.29) is 0 Å². The van der Waals surface area contributed by atoms with Gasteiger partial charge in [0.25, 0.3) is 0 Å². The summed E-state index contributed by atoms with van der Waals surface area (Å²) in [5.41, 5.74) is 0. The molecule has 2 N–H and O–H groups in total. The summed E-state index contributed by atoms with van der Waals surface area (Å²) in [4.78, 5) is 0. The monoisotopic (exact) mass is 214 g/mol. The van der Waals surface area contributed by atoms with E-state index in [1.54, 1.807) is 0 Å². The molecule has 2 heteroatoms. The average molecular weight is 214 g/mol. The Morgan fingerprint density at radius 1 is 0.933 bits per heavy atom. The van der Waals surface area contributed by atoms with Crippen molar-refractivity contribution in [1.82, 2.24) is 10.6 Å². The molecular weight excluding hydrogens is 184 g/mol. The van der Waals surface area contributed by atoms with Gasteiger partial charge in [-0.2, -0.15) is 0 Å². The van der Waals surface area contributed by atoms with Gasteiger partial charge in [0.15, 0.2) is 0 Å². The van der Waals surface area contributed by atoms with E-state index in [9.17, 15) is 0 Å². The van der Waals surface area contributed by atoms with Gasteiger partial charge in [-0.1, -0.05) is 33.6 Å². The van der Waals surface area contributed by atoms with E-state index in [0.29, 0.717) is 6.04 Å². The Kier molecular flexibility index (Phi) is 10.4. The standard InChI is InChI=1S/C13H30N2/c1-5-13(4)15-11-10-14-9-7-6-8-12(2)3/h12-15H,5-11H2,1-4H3. The molecule has 0 bridgehead atoms. The van der Waals surface area contributed by atoms with Crippen molar-refractivity contribution in [2.45, 2.75) is 59.4 Å². The minimum atomic E-state index is 0.660. The zero-order chi connectivity index (χ0) is 11.5. The van der Waals surface area contributed by atoms with Crippen molar-refractivity contribution in [3.8, 4) is 0 Å². The third kappa shape index (κ3) is 11.8. The normalized spacial score (nSPS) is 13.4. The van der Waals surface area contributed by atoms with Crippen LogP contribution in [0, 0.1) is 5.92 Å². The lowest BCUT2D eigenvalue weighted by molar-refractivity contribution is 0.496. The minimum absolute atomic E-state index is 0.660. The average Bonchev–Trinajstić information content (AvgIpc) is 2.21. The molecule has 0 aliphatic carbocycles. The number of nitrogens with one attached hydrogen (secondary N) is 2. The summed E-state index contributed by atoms with van der Waals surface area (Å²) in [6.45, 7) is 12.4. The van der Waals surface area contributed by atoms with Gasteiger partial charge in [-0.05, 0) is 32.2 Å². The summed E-state index contributed by atoms with van der Waals surface area (Å²) in [6.07, 6.45) is 5.27. The summed E-state index contributed by atoms with van der Waals surface area (Å²) in [7, 11) is 0. The summed E-state index contributed by atoms with van der Waals surface area (Å²) in [5, 5.41) is 6.95. The van der Waals surface area contributed by atoms with Crippen LogP contribution in [0.2, 0.25) is 0 Å². The maximum atomic E-state index is 3.48. The van der Waals surface area contributed by atoms with E-state index in [1.165, 1.54) is 32.2 Å². The predicted octanol–water partition coefficient (Wildman–Crippen LogP) is 2.79. The van der Waals surface area contributed by atoms with Crippen molar-refractivity contribution in [2.75, 3.05) is 19.6 Å². The van der Waals surface area contributed by atoms with E-state index in [4.69, 9.17) is 0 Å².